The van der Waals surface area contributed by atoms with Crippen LogP contribution in [0.5, 0.6) is 11.5 Å². The van der Waals surface area contributed by atoms with Gasteiger partial charge in [0.05, 0.1) is 13.2 Å². The Balaban J connectivity index is 2.01. The van der Waals surface area contributed by atoms with Gasteiger partial charge < -0.3 is 19.7 Å². The summed E-state index contributed by atoms with van der Waals surface area (Å²) in [5, 5.41) is 2.65. The molecule has 1 N–H and O–H groups in total. The number of nitrogens with one attached hydrogen (secondary N) is 1. The van der Waals surface area contributed by atoms with Crippen LogP contribution in [0.2, 0.25) is 0 Å². The number of hydrogen-bond acceptors (Lipinski definition) is 5. The fourth-order valence-electron chi connectivity index (χ4n) is 2.67. The number of ether oxygens (including phenoxy) is 2. The molecule has 0 unspecified atom stereocenters. The molecule has 0 aliphatic rings. The van der Waals surface area contributed by atoms with Crippen LogP contribution in [-0.4, -0.2) is 48.0 Å². The van der Waals surface area contributed by atoms with Crippen molar-refractivity contribution in [2.24, 2.45) is 0 Å². The van der Waals surface area contributed by atoms with Gasteiger partial charge in [-0.15, -0.1) is 0 Å². The summed E-state index contributed by atoms with van der Waals surface area (Å²) in [6.07, 6.45) is 4.08. The van der Waals surface area contributed by atoms with Gasteiger partial charge in [0.25, 0.3) is 0 Å². The summed E-state index contributed by atoms with van der Waals surface area (Å²) in [7, 11) is 0. The van der Waals surface area contributed by atoms with E-state index in [1.807, 2.05) is 32.9 Å². The molecule has 7 nitrogen and oxygen atoms in total. The van der Waals surface area contributed by atoms with Crippen molar-refractivity contribution in [2.45, 2.75) is 27.2 Å². The van der Waals surface area contributed by atoms with Crippen LogP contribution in [-0.2, 0) is 16.0 Å². The van der Waals surface area contributed by atoms with Crippen LogP contribution >= 0.6 is 0 Å². The van der Waals surface area contributed by atoms with E-state index in [1.54, 1.807) is 30.6 Å². The Bertz CT molecular complexity index is 780. The first-order chi connectivity index (χ1) is 13.6. The highest BCUT2D eigenvalue weighted by atomic mass is 16.5. The van der Waals surface area contributed by atoms with Gasteiger partial charge in [0.15, 0.2) is 11.5 Å². The van der Waals surface area contributed by atoms with Gasteiger partial charge in [-0.25, -0.2) is 0 Å². The van der Waals surface area contributed by atoms with Crippen molar-refractivity contribution in [3.8, 4) is 11.5 Å². The molecule has 1 aromatic carbocycles. The molecule has 2 aromatic rings. The number of aromatic nitrogens is 1. The van der Waals surface area contributed by atoms with Crippen molar-refractivity contribution in [3.63, 3.8) is 0 Å². The summed E-state index contributed by atoms with van der Waals surface area (Å²) < 4.78 is 11.1. The number of benzene rings is 1. The Morgan fingerprint density at radius 1 is 1.00 bits per heavy atom. The summed E-state index contributed by atoms with van der Waals surface area (Å²) in [6, 6.07) is 8.86. The average molecular weight is 385 g/mol. The van der Waals surface area contributed by atoms with Gasteiger partial charge in [0.1, 0.15) is 0 Å². The van der Waals surface area contributed by atoms with E-state index in [0.717, 1.165) is 5.56 Å². The first kappa shape index (κ1) is 21.2. The van der Waals surface area contributed by atoms with E-state index in [4.69, 9.17) is 9.47 Å². The van der Waals surface area contributed by atoms with E-state index in [9.17, 15) is 9.59 Å². The lowest BCUT2D eigenvalue weighted by atomic mass is 10.2. The minimum atomic E-state index is -0.678. The predicted molar refractivity (Wildman–Crippen MR) is 108 cm³/mol. The summed E-state index contributed by atoms with van der Waals surface area (Å²) in [6.45, 7) is 7.48. The number of hydrogen-bond donors (Lipinski definition) is 1. The minimum absolute atomic E-state index is 0.449. The van der Waals surface area contributed by atoms with E-state index in [-0.39, 0.29) is 0 Å². The normalized spacial score (nSPS) is 10.2. The molecule has 2 amide bonds. The molecule has 0 bridgehead atoms. The number of rotatable bonds is 9. The number of carbonyl (C=O) groups is 2. The standard InChI is InChI=1S/C21H27N3O4/c1-4-24(14-11-16-9-12-22-13-10-16)21(26)20(25)23-17-7-8-18(27-5-2)19(15-17)28-6-3/h7-10,12-13,15H,4-6,11,14H2,1-3H3,(H,23,25). The summed E-state index contributed by atoms with van der Waals surface area (Å²) >= 11 is 0. The average Bonchev–Trinajstić information content (AvgIpc) is 2.71. The predicted octanol–water partition coefficient (Wildman–Crippen LogP) is 2.91. The molecule has 0 atom stereocenters. The van der Waals surface area contributed by atoms with E-state index < -0.39 is 11.8 Å². The molecule has 2 rings (SSSR count). The van der Waals surface area contributed by atoms with Gasteiger partial charge in [-0.3, -0.25) is 14.6 Å². The van der Waals surface area contributed by atoms with Gasteiger partial charge in [0, 0.05) is 37.2 Å². The highest BCUT2D eigenvalue weighted by Crippen LogP contribution is 2.30. The molecule has 0 radical (unpaired) electrons. The van der Waals surface area contributed by atoms with Crippen molar-refractivity contribution >= 4 is 17.5 Å². The van der Waals surface area contributed by atoms with Gasteiger partial charge in [-0.2, -0.15) is 0 Å². The lowest BCUT2D eigenvalue weighted by Crippen LogP contribution is -2.40. The number of likely N-dealkylation sites (N-methyl/N-ethyl adjacent to an activating group) is 1. The van der Waals surface area contributed by atoms with Crippen molar-refractivity contribution in [1.29, 1.82) is 0 Å². The molecule has 0 saturated heterocycles. The Hall–Kier alpha value is -3.09. The Morgan fingerprint density at radius 3 is 2.32 bits per heavy atom. The Labute approximate surface area is 165 Å². The molecule has 0 spiro atoms. The maximum atomic E-state index is 12.5. The number of amides is 2. The molecular weight excluding hydrogens is 358 g/mol. The number of nitrogens with zero attached hydrogens (tertiary/aromatic N) is 2. The Kier molecular flexibility index (Phi) is 8.27. The van der Waals surface area contributed by atoms with Crippen molar-refractivity contribution in [1.82, 2.24) is 9.88 Å². The molecule has 0 aliphatic carbocycles. The van der Waals surface area contributed by atoms with Crippen LogP contribution in [0.4, 0.5) is 5.69 Å². The topological polar surface area (TPSA) is 80.8 Å². The third kappa shape index (κ3) is 5.97. The molecule has 0 saturated carbocycles. The van der Waals surface area contributed by atoms with E-state index in [1.165, 1.54) is 4.90 Å². The smallest absolute Gasteiger partial charge is 0.313 e. The summed E-state index contributed by atoms with van der Waals surface area (Å²) in [5.41, 5.74) is 1.55. The number of anilines is 1. The Morgan fingerprint density at radius 2 is 1.68 bits per heavy atom. The highest BCUT2D eigenvalue weighted by molar-refractivity contribution is 6.39. The van der Waals surface area contributed by atoms with Crippen molar-refractivity contribution in [2.75, 3.05) is 31.6 Å². The van der Waals surface area contributed by atoms with Gasteiger partial charge in [0.2, 0.25) is 0 Å². The lowest BCUT2D eigenvalue weighted by molar-refractivity contribution is -0.143. The lowest BCUT2D eigenvalue weighted by Gasteiger charge is -2.20. The van der Waals surface area contributed by atoms with Gasteiger partial charge in [-0.05, 0) is 57.0 Å². The fraction of sp³-hybridized carbons (Fsp3) is 0.381. The molecule has 0 fully saturated rings. The first-order valence-electron chi connectivity index (χ1n) is 9.47. The molecule has 150 valence electrons. The quantitative estimate of drug-likeness (QED) is 0.672. The summed E-state index contributed by atoms with van der Waals surface area (Å²) in [4.78, 5) is 30.4. The first-order valence-corrected chi connectivity index (χ1v) is 9.47. The fourth-order valence-corrected chi connectivity index (χ4v) is 2.67. The van der Waals surface area contributed by atoms with Crippen LogP contribution in [0.15, 0.2) is 42.7 Å². The molecule has 7 heteroatoms. The molecular formula is C21H27N3O4. The monoisotopic (exact) mass is 385 g/mol. The van der Waals surface area contributed by atoms with Crippen molar-refractivity contribution < 1.29 is 19.1 Å². The maximum absolute atomic E-state index is 12.5. The SMILES string of the molecule is CCOc1ccc(NC(=O)C(=O)N(CC)CCc2ccncc2)cc1OCC. The number of carbonyl (C=O) groups excluding carboxylic acids is 2. The molecule has 1 heterocycles. The van der Waals surface area contributed by atoms with Gasteiger partial charge >= 0.3 is 11.8 Å². The summed E-state index contributed by atoms with van der Waals surface area (Å²) in [5.74, 6) is -0.118. The van der Waals surface area contributed by atoms with Crippen LogP contribution in [0.3, 0.4) is 0 Å². The maximum Gasteiger partial charge on any atom is 0.313 e. The van der Waals surface area contributed by atoms with Crippen LogP contribution in [0.1, 0.15) is 26.3 Å². The second kappa shape index (κ2) is 10.9. The van der Waals surface area contributed by atoms with E-state index in [0.29, 0.717) is 49.9 Å². The minimum Gasteiger partial charge on any atom is -0.490 e. The van der Waals surface area contributed by atoms with Crippen LogP contribution in [0, 0.1) is 0 Å². The third-order valence-electron chi connectivity index (χ3n) is 4.08. The molecule has 28 heavy (non-hydrogen) atoms. The second-order valence-corrected chi connectivity index (χ2v) is 5.97. The zero-order valence-corrected chi connectivity index (χ0v) is 16.6. The van der Waals surface area contributed by atoms with Gasteiger partial charge in [-0.1, -0.05) is 0 Å². The zero-order chi connectivity index (χ0) is 20.4. The third-order valence-corrected chi connectivity index (χ3v) is 4.08. The van der Waals surface area contributed by atoms with Crippen LogP contribution in [0.25, 0.3) is 0 Å². The zero-order valence-electron chi connectivity index (χ0n) is 16.6. The number of pyridine rings is 1. The molecule has 1 aromatic heterocycles. The van der Waals surface area contributed by atoms with E-state index in [2.05, 4.69) is 10.3 Å². The molecule has 0 aliphatic heterocycles. The van der Waals surface area contributed by atoms with Crippen LogP contribution < -0.4 is 14.8 Å². The van der Waals surface area contributed by atoms with Crippen molar-refractivity contribution in [3.05, 3.63) is 48.3 Å². The van der Waals surface area contributed by atoms with E-state index >= 15 is 0 Å². The largest absolute Gasteiger partial charge is 0.490 e. The second-order valence-electron chi connectivity index (χ2n) is 5.97. The highest BCUT2D eigenvalue weighted by Gasteiger charge is 2.21.